The summed E-state index contributed by atoms with van der Waals surface area (Å²) < 4.78 is -5.17. The topological polar surface area (TPSA) is 54.4 Å². The summed E-state index contributed by atoms with van der Waals surface area (Å²) in [5.74, 6) is -3.21. The Bertz CT molecular complexity index is 217. The first-order valence-corrected chi connectivity index (χ1v) is 4.22. The number of hydrogen-bond donors (Lipinski definition) is 1. The van der Waals surface area contributed by atoms with Gasteiger partial charge in [0.2, 0.25) is 5.78 Å². The van der Waals surface area contributed by atoms with E-state index in [0.29, 0.717) is 0 Å². The van der Waals surface area contributed by atoms with Crippen molar-refractivity contribution in [2.24, 2.45) is 0 Å². The second-order valence-corrected chi connectivity index (χ2v) is 5.32. The van der Waals surface area contributed by atoms with Gasteiger partial charge in [0.05, 0.1) is 0 Å². The van der Waals surface area contributed by atoms with Crippen molar-refractivity contribution in [3.8, 4) is 0 Å². The maximum absolute atomic E-state index is 10.9. The number of carboxylic acid groups (broad SMARTS) is 1. The van der Waals surface area contributed by atoms with Crippen molar-refractivity contribution in [1.29, 1.82) is 0 Å². The van der Waals surface area contributed by atoms with Gasteiger partial charge in [0, 0.05) is 0 Å². The maximum Gasteiger partial charge on any atom is 0.348 e. The van der Waals surface area contributed by atoms with Crippen molar-refractivity contribution in [2.75, 3.05) is 0 Å². The number of rotatable bonds is 2. The second-order valence-electron chi connectivity index (χ2n) is 1.71. The zero-order chi connectivity index (χ0) is 10.2. The fourth-order valence-electron chi connectivity index (χ4n) is 0.275. The molecule has 0 fully saturated rings. The molecule has 0 spiro atoms. The van der Waals surface area contributed by atoms with Crippen LogP contribution in [0, 0.1) is 0 Å². The van der Waals surface area contributed by atoms with Crippen molar-refractivity contribution in [3.05, 3.63) is 0 Å². The molecule has 0 bridgehead atoms. The molecule has 0 amide bonds. The number of ketones is 1. The minimum absolute atomic E-state index is 1.42. The van der Waals surface area contributed by atoms with Crippen LogP contribution in [-0.2, 0) is 9.59 Å². The molecule has 12 heavy (non-hydrogen) atoms. The summed E-state index contributed by atoms with van der Waals surface area (Å²) in [5.41, 5.74) is 0. The summed E-state index contributed by atoms with van der Waals surface area (Å²) in [6.45, 7) is 0. The Balaban J connectivity index is 4.83. The maximum atomic E-state index is 10.9. The second kappa shape index (κ2) is 3.76. The fourth-order valence-corrected chi connectivity index (χ4v) is 1.27. The van der Waals surface area contributed by atoms with Crippen molar-refractivity contribution < 1.29 is 14.7 Å². The number of Topliss-reactive ketones (excluding diaryl/α,β-unsaturated/α-hetero) is 1. The zero-order valence-electron chi connectivity index (χ0n) is 5.15. The van der Waals surface area contributed by atoms with E-state index >= 15 is 0 Å². The highest BCUT2D eigenvalue weighted by Crippen LogP contribution is 2.37. The van der Waals surface area contributed by atoms with Gasteiger partial charge < -0.3 is 5.11 Å². The van der Waals surface area contributed by atoms with Crippen LogP contribution in [0.4, 0.5) is 0 Å². The van der Waals surface area contributed by atoms with Gasteiger partial charge >= 0.3 is 5.97 Å². The summed E-state index contributed by atoms with van der Waals surface area (Å²) in [7, 11) is 0. The third kappa shape index (κ3) is 2.82. The molecular formula is C4HCl5O3. The largest absolute Gasteiger partial charge is 0.479 e. The van der Waals surface area contributed by atoms with E-state index < -0.39 is 19.9 Å². The molecule has 0 saturated heterocycles. The van der Waals surface area contributed by atoms with Crippen LogP contribution in [0.5, 0.6) is 0 Å². The number of carbonyl (C=O) groups excluding carboxylic acids is 1. The Morgan fingerprint density at radius 2 is 1.33 bits per heavy atom. The predicted molar refractivity (Wildman–Crippen MR) is 47.4 cm³/mol. The molecule has 70 valence electrons. The van der Waals surface area contributed by atoms with Crippen molar-refractivity contribution in [3.63, 3.8) is 0 Å². The van der Waals surface area contributed by atoms with Gasteiger partial charge in [0.15, 0.2) is 0 Å². The molecule has 0 aliphatic carbocycles. The molecule has 0 rings (SSSR count). The fraction of sp³-hybridized carbons (Fsp3) is 0.500. The van der Waals surface area contributed by atoms with Gasteiger partial charge in [-0.25, -0.2) is 4.79 Å². The van der Waals surface area contributed by atoms with E-state index in [4.69, 9.17) is 63.1 Å². The van der Waals surface area contributed by atoms with Crippen molar-refractivity contribution >= 4 is 69.8 Å². The van der Waals surface area contributed by atoms with Crippen LogP contribution in [0.25, 0.3) is 0 Å². The zero-order valence-corrected chi connectivity index (χ0v) is 8.93. The number of carboxylic acids is 1. The first-order valence-electron chi connectivity index (χ1n) is 2.33. The van der Waals surface area contributed by atoms with Gasteiger partial charge in [-0.05, 0) is 0 Å². The molecule has 0 aromatic carbocycles. The van der Waals surface area contributed by atoms with E-state index in [9.17, 15) is 9.59 Å². The molecule has 0 heterocycles. The Morgan fingerprint density at radius 1 is 1.00 bits per heavy atom. The van der Waals surface area contributed by atoms with Gasteiger partial charge in [-0.2, -0.15) is 0 Å². The lowest BCUT2D eigenvalue weighted by atomic mass is 10.3. The Labute approximate surface area is 92.5 Å². The first kappa shape index (κ1) is 12.6. The molecule has 0 aromatic rings. The lowest BCUT2D eigenvalue weighted by Gasteiger charge is -2.17. The monoisotopic (exact) mass is 272 g/mol. The van der Waals surface area contributed by atoms with E-state index in [0.717, 1.165) is 0 Å². The SMILES string of the molecule is O=C(O)C(Cl)(Cl)C(=O)C(Cl)(Cl)Cl. The lowest BCUT2D eigenvalue weighted by molar-refractivity contribution is -0.141. The minimum Gasteiger partial charge on any atom is -0.479 e. The number of halogens is 5. The van der Waals surface area contributed by atoms with E-state index in [1.807, 2.05) is 0 Å². The molecule has 1 N–H and O–H groups in total. The van der Waals surface area contributed by atoms with Crippen LogP contribution in [0.2, 0.25) is 0 Å². The molecule has 0 aromatic heterocycles. The highest BCUT2D eigenvalue weighted by Gasteiger charge is 2.51. The predicted octanol–water partition coefficient (Wildman–Crippen LogP) is 2.18. The van der Waals surface area contributed by atoms with Crippen LogP contribution in [0.3, 0.4) is 0 Å². The highest BCUT2D eigenvalue weighted by atomic mass is 35.6. The smallest absolute Gasteiger partial charge is 0.348 e. The van der Waals surface area contributed by atoms with Crippen LogP contribution < -0.4 is 0 Å². The van der Waals surface area contributed by atoms with E-state index in [2.05, 4.69) is 0 Å². The molecule has 0 atom stereocenters. The van der Waals surface area contributed by atoms with Crippen LogP contribution in [0.1, 0.15) is 0 Å². The van der Waals surface area contributed by atoms with Crippen LogP contribution in [-0.4, -0.2) is 25.0 Å². The van der Waals surface area contributed by atoms with Crippen molar-refractivity contribution in [1.82, 2.24) is 0 Å². The Morgan fingerprint density at radius 3 is 1.42 bits per heavy atom. The summed E-state index contributed by atoms with van der Waals surface area (Å²) in [6.07, 6.45) is 0. The molecule has 0 aliphatic heterocycles. The Kier molecular flexibility index (Phi) is 3.95. The molecule has 0 radical (unpaired) electrons. The average Bonchev–Trinajstić information content (AvgIpc) is 1.83. The van der Waals surface area contributed by atoms with Crippen LogP contribution >= 0.6 is 58.0 Å². The van der Waals surface area contributed by atoms with Crippen LogP contribution in [0.15, 0.2) is 0 Å². The van der Waals surface area contributed by atoms with Gasteiger partial charge in [-0.3, -0.25) is 4.79 Å². The Hall–Kier alpha value is 0.590. The highest BCUT2D eigenvalue weighted by molar-refractivity contribution is 6.83. The number of aliphatic carboxylic acids is 1. The van der Waals surface area contributed by atoms with Gasteiger partial charge in [0.1, 0.15) is 0 Å². The summed E-state index contributed by atoms with van der Waals surface area (Å²) in [5, 5.41) is 8.31. The number of alkyl halides is 5. The molecule has 0 saturated carbocycles. The quantitative estimate of drug-likeness (QED) is 0.620. The first-order chi connectivity index (χ1) is 5.10. The number of hydrogen-bond acceptors (Lipinski definition) is 2. The van der Waals surface area contributed by atoms with Gasteiger partial charge in [0.25, 0.3) is 8.13 Å². The van der Waals surface area contributed by atoms with Crippen molar-refractivity contribution in [2.45, 2.75) is 8.13 Å². The van der Waals surface area contributed by atoms with E-state index in [1.54, 1.807) is 0 Å². The normalized spacial score (nSPS) is 12.8. The molecule has 0 aliphatic rings. The third-order valence-electron chi connectivity index (χ3n) is 0.811. The third-order valence-corrected chi connectivity index (χ3v) is 1.99. The average molecular weight is 274 g/mol. The minimum atomic E-state index is -2.73. The molecule has 0 unspecified atom stereocenters. The standard InChI is InChI=1S/C4HCl5O3/c5-3(6,2(11)12)1(10)4(7,8)9/h(H,11,12). The lowest BCUT2D eigenvalue weighted by Crippen LogP contribution is -2.42. The van der Waals surface area contributed by atoms with E-state index in [-0.39, 0.29) is 0 Å². The van der Waals surface area contributed by atoms with E-state index in [1.165, 1.54) is 0 Å². The van der Waals surface area contributed by atoms with Gasteiger partial charge in [-0.15, -0.1) is 0 Å². The summed E-state index contributed by atoms with van der Waals surface area (Å²) in [4.78, 5) is 21.1. The summed E-state index contributed by atoms with van der Waals surface area (Å²) >= 11 is 25.3. The summed E-state index contributed by atoms with van der Waals surface area (Å²) in [6, 6.07) is 0. The molecule has 8 heteroatoms. The molecule has 3 nitrogen and oxygen atoms in total. The molecular weight excluding hydrogens is 273 g/mol. The van der Waals surface area contributed by atoms with Gasteiger partial charge in [-0.1, -0.05) is 58.0 Å². The number of carbonyl (C=O) groups is 2.